The van der Waals surface area contributed by atoms with Crippen LogP contribution in [0, 0.1) is 20.2 Å². The van der Waals surface area contributed by atoms with Crippen molar-refractivity contribution < 1.29 is 19.4 Å². The van der Waals surface area contributed by atoms with Crippen LogP contribution in [-0.2, 0) is 0 Å². The number of amides is 2. The molecular formula is C19H9ClN4O6. The number of carbonyl (C=O) groups is 2. The summed E-state index contributed by atoms with van der Waals surface area (Å²) in [5.41, 5.74) is -0.143. The first-order valence-corrected chi connectivity index (χ1v) is 8.74. The highest BCUT2D eigenvalue weighted by Gasteiger charge is 2.34. The minimum Gasteiger partial charge on any atom is -0.267 e. The summed E-state index contributed by atoms with van der Waals surface area (Å²) in [7, 11) is 0. The molecule has 0 bridgehead atoms. The third-order valence-corrected chi connectivity index (χ3v) is 4.87. The van der Waals surface area contributed by atoms with E-state index in [0.717, 1.165) is 12.3 Å². The van der Waals surface area contributed by atoms with Crippen molar-refractivity contribution in [2.45, 2.75) is 0 Å². The van der Waals surface area contributed by atoms with Crippen molar-refractivity contribution in [1.82, 2.24) is 5.01 Å². The smallest absolute Gasteiger partial charge is 0.267 e. The zero-order valence-electron chi connectivity index (χ0n) is 14.8. The largest absolute Gasteiger partial charge is 0.288 e. The summed E-state index contributed by atoms with van der Waals surface area (Å²) >= 11 is 5.77. The molecule has 2 amide bonds. The first-order chi connectivity index (χ1) is 14.3. The molecule has 148 valence electrons. The monoisotopic (exact) mass is 424 g/mol. The molecule has 0 radical (unpaired) electrons. The number of carbonyl (C=O) groups excluding carboxylic acids is 2. The summed E-state index contributed by atoms with van der Waals surface area (Å²) in [6, 6.07) is 10.8. The second-order valence-corrected chi connectivity index (χ2v) is 6.66. The number of benzene rings is 3. The van der Waals surface area contributed by atoms with Gasteiger partial charge < -0.3 is 0 Å². The predicted molar refractivity (Wildman–Crippen MR) is 107 cm³/mol. The normalized spacial score (nSPS) is 13.3. The number of nitrogens with zero attached hydrogens (tertiary/aromatic N) is 4. The van der Waals surface area contributed by atoms with Crippen molar-refractivity contribution in [3.05, 3.63) is 90.5 Å². The summed E-state index contributed by atoms with van der Waals surface area (Å²) in [6.45, 7) is 0. The molecular weight excluding hydrogens is 416 g/mol. The van der Waals surface area contributed by atoms with Gasteiger partial charge in [0.1, 0.15) is 5.02 Å². The van der Waals surface area contributed by atoms with Crippen LogP contribution in [-0.4, -0.2) is 32.9 Å². The van der Waals surface area contributed by atoms with Crippen molar-refractivity contribution in [3.63, 3.8) is 0 Å². The van der Waals surface area contributed by atoms with Gasteiger partial charge in [0.2, 0.25) is 0 Å². The van der Waals surface area contributed by atoms with E-state index in [4.69, 9.17) is 11.6 Å². The quantitative estimate of drug-likeness (QED) is 0.269. The Kier molecular flexibility index (Phi) is 4.47. The van der Waals surface area contributed by atoms with E-state index in [-0.39, 0.29) is 43.9 Å². The van der Waals surface area contributed by atoms with E-state index in [9.17, 15) is 29.8 Å². The van der Waals surface area contributed by atoms with Crippen molar-refractivity contribution >= 4 is 51.8 Å². The van der Waals surface area contributed by atoms with Crippen LogP contribution in [0.3, 0.4) is 0 Å². The number of hydrogen-bond acceptors (Lipinski definition) is 7. The first kappa shape index (κ1) is 19.2. The van der Waals surface area contributed by atoms with E-state index in [0.29, 0.717) is 5.01 Å². The Labute approximate surface area is 172 Å². The number of non-ortho nitro benzene ring substituents is 1. The Morgan fingerprint density at radius 1 is 0.900 bits per heavy atom. The lowest BCUT2D eigenvalue weighted by atomic mass is 9.94. The van der Waals surface area contributed by atoms with Gasteiger partial charge >= 0.3 is 0 Å². The average molecular weight is 425 g/mol. The minimum atomic E-state index is -0.765. The van der Waals surface area contributed by atoms with Crippen LogP contribution in [0.1, 0.15) is 26.3 Å². The van der Waals surface area contributed by atoms with Crippen molar-refractivity contribution in [2.75, 3.05) is 0 Å². The molecule has 1 heterocycles. The lowest BCUT2D eigenvalue weighted by Gasteiger charge is -2.22. The van der Waals surface area contributed by atoms with Crippen molar-refractivity contribution in [3.8, 4) is 0 Å². The van der Waals surface area contributed by atoms with Crippen molar-refractivity contribution in [1.29, 1.82) is 0 Å². The summed E-state index contributed by atoms with van der Waals surface area (Å²) in [4.78, 5) is 46.7. The van der Waals surface area contributed by atoms with Gasteiger partial charge in [-0.2, -0.15) is 10.1 Å². The van der Waals surface area contributed by atoms with E-state index >= 15 is 0 Å². The van der Waals surface area contributed by atoms with E-state index in [1.807, 2.05) is 0 Å². The second-order valence-electron chi connectivity index (χ2n) is 6.25. The topological polar surface area (TPSA) is 136 Å². The van der Waals surface area contributed by atoms with Gasteiger partial charge in [-0.3, -0.25) is 29.8 Å². The predicted octanol–water partition coefficient (Wildman–Crippen LogP) is 3.94. The Morgan fingerprint density at radius 3 is 2.23 bits per heavy atom. The Morgan fingerprint density at radius 2 is 1.57 bits per heavy atom. The van der Waals surface area contributed by atoms with E-state index < -0.39 is 21.7 Å². The molecule has 0 aliphatic carbocycles. The summed E-state index contributed by atoms with van der Waals surface area (Å²) in [6.07, 6.45) is 1.12. The fraction of sp³-hybridized carbons (Fsp3) is 0. The maximum Gasteiger partial charge on any atom is 0.288 e. The minimum absolute atomic E-state index is 0.0653. The SMILES string of the molecule is O=C1c2cccc3c([N+](=O)[O-])ccc(c23)C(=O)N1/N=C/c1ccc(Cl)c([N+](=O)[O-])c1. The van der Waals surface area contributed by atoms with Crippen LogP contribution in [0.5, 0.6) is 0 Å². The third-order valence-electron chi connectivity index (χ3n) is 4.55. The lowest BCUT2D eigenvalue weighted by Crippen LogP contribution is -2.36. The number of nitro benzene ring substituents is 2. The summed E-state index contributed by atoms with van der Waals surface area (Å²) < 4.78 is 0. The highest BCUT2D eigenvalue weighted by Crippen LogP contribution is 2.35. The van der Waals surface area contributed by atoms with Gasteiger partial charge in [-0.05, 0) is 24.3 Å². The molecule has 0 atom stereocenters. The van der Waals surface area contributed by atoms with Gasteiger partial charge in [-0.25, -0.2) is 0 Å². The molecule has 0 saturated heterocycles. The highest BCUT2D eigenvalue weighted by atomic mass is 35.5. The van der Waals surface area contributed by atoms with Gasteiger partial charge in [0.15, 0.2) is 0 Å². The maximum absolute atomic E-state index is 12.8. The fourth-order valence-electron chi connectivity index (χ4n) is 3.21. The fourth-order valence-corrected chi connectivity index (χ4v) is 3.39. The first-order valence-electron chi connectivity index (χ1n) is 8.36. The number of halogens is 1. The zero-order chi connectivity index (χ0) is 21.6. The molecule has 0 unspecified atom stereocenters. The molecule has 3 aromatic rings. The van der Waals surface area contributed by atoms with Gasteiger partial charge in [-0.1, -0.05) is 23.7 Å². The molecule has 4 rings (SSSR count). The van der Waals surface area contributed by atoms with Gasteiger partial charge in [-0.15, -0.1) is 0 Å². The Balaban J connectivity index is 1.78. The molecule has 1 aliphatic heterocycles. The van der Waals surface area contributed by atoms with Crippen molar-refractivity contribution in [2.24, 2.45) is 5.10 Å². The van der Waals surface area contributed by atoms with E-state index in [1.165, 1.54) is 42.5 Å². The Bertz CT molecular complexity index is 1300. The van der Waals surface area contributed by atoms with Gasteiger partial charge in [0, 0.05) is 23.1 Å². The third kappa shape index (κ3) is 2.95. The number of hydrogen-bond donors (Lipinski definition) is 0. The molecule has 11 heteroatoms. The standard InChI is InChI=1S/C19H9ClN4O6/c20-14-6-4-10(8-16(14)24(29)30)9-21-22-18(25)12-3-1-2-11-15(23(27)28)7-5-13(17(11)12)19(22)26/h1-9H/b21-9+. The molecule has 1 aliphatic rings. The highest BCUT2D eigenvalue weighted by molar-refractivity contribution is 6.32. The maximum atomic E-state index is 12.8. The molecule has 0 saturated carbocycles. The second kappa shape index (κ2) is 7.01. The molecule has 0 fully saturated rings. The molecule has 30 heavy (non-hydrogen) atoms. The lowest BCUT2D eigenvalue weighted by molar-refractivity contribution is -0.384. The average Bonchev–Trinajstić information content (AvgIpc) is 2.72. The van der Waals surface area contributed by atoms with Crippen LogP contribution >= 0.6 is 11.6 Å². The van der Waals surface area contributed by atoms with Crippen LogP contribution in [0.25, 0.3) is 10.8 Å². The van der Waals surface area contributed by atoms with E-state index in [1.54, 1.807) is 0 Å². The van der Waals surface area contributed by atoms with Gasteiger partial charge in [0.25, 0.3) is 23.2 Å². The molecule has 0 N–H and O–H groups in total. The van der Waals surface area contributed by atoms with Crippen LogP contribution in [0.4, 0.5) is 11.4 Å². The van der Waals surface area contributed by atoms with Crippen LogP contribution in [0.2, 0.25) is 5.02 Å². The molecule has 10 nitrogen and oxygen atoms in total. The molecule has 0 spiro atoms. The number of nitro groups is 2. The summed E-state index contributed by atoms with van der Waals surface area (Å²) in [5, 5.41) is 27.1. The zero-order valence-corrected chi connectivity index (χ0v) is 15.6. The number of rotatable bonds is 4. The molecule has 0 aromatic heterocycles. The Hall–Kier alpha value is -4.18. The van der Waals surface area contributed by atoms with Crippen LogP contribution in [0.15, 0.2) is 53.6 Å². The number of hydrazone groups is 1. The van der Waals surface area contributed by atoms with E-state index in [2.05, 4.69) is 5.10 Å². The van der Waals surface area contributed by atoms with Crippen LogP contribution < -0.4 is 0 Å². The number of imide groups is 1. The van der Waals surface area contributed by atoms with Gasteiger partial charge in [0.05, 0.1) is 32.6 Å². The molecule has 3 aromatic carbocycles. The summed E-state index contributed by atoms with van der Waals surface area (Å²) in [5.74, 6) is -1.53.